The molecular weight excluding hydrogens is 588 g/mol. The van der Waals surface area contributed by atoms with Crippen molar-refractivity contribution in [2.75, 3.05) is 40.0 Å². The van der Waals surface area contributed by atoms with Gasteiger partial charge in [-0.25, -0.2) is 9.59 Å². The van der Waals surface area contributed by atoms with Gasteiger partial charge in [-0.05, 0) is 58.8 Å². The summed E-state index contributed by atoms with van der Waals surface area (Å²) in [5, 5.41) is 8.45. The Labute approximate surface area is 268 Å². The second-order valence-corrected chi connectivity index (χ2v) is 13.3. The van der Waals surface area contributed by atoms with Crippen LogP contribution in [-0.4, -0.2) is 93.6 Å². The molecule has 2 heterocycles. The highest BCUT2D eigenvalue weighted by atomic mass is 32.1. The first-order valence-electron chi connectivity index (χ1n) is 15.9. The lowest BCUT2D eigenvalue weighted by Gasteiger charge is -2.42. The van der Waals surface area contributed by atoms with Crippen molar-refractivity contribution in [2.45, 2.75) is 115 Å². The first kappa shape index (κ1) is 36.4. The quantitative estimate of drug-likeness (QED) is 0.0653. The molecule has 2 aliphatic heterocycles. The molecule has 0 bridgehead atoms. The molecule has 3 unspecified atom stereocenters. The van der Waals surface area contributed by atoms with Gasteiger partial charge in [0.2, 0.25) is 5.91 Å². The monoisotopic (exact) mass is 642 g/mol. The summed E-state index contributed by atoms with van der Waals surface area (Å²) in [4.78, 5) is 36.7. The maximum atomic E-state index is 13.1. The maximum absolute atomic E-state index is 13.1. The lowest BCUT2D eigenvalue weighted by atomic mass is 9.68. The predicted molar refractivity (Wildman–Crippen MR) is 169 cm³/mol. The van der Waals surface area contributed by atoms with E-state index in [1.54, 1.807) is 7.11 Å². The number of nitrogens with one attached hydrogen (secondary N) is 4. The van der Waals surface area contributed by atoms with Gasteiger partial charge in [-0.15, -0.1) is 0 Å². The van der Waals surface area contributed by atoms with E-state index in [-0.39, 0.29) is 48.7 Å². The molecule has 3 amide bonds. The number of carbonyl (C=O) groups is 3. The Morgan fingerprint density at radius 1 is 1.07 bits per heavy atom. The number of carbonyl (C=O) groups excluding carboxylic acids is 3. The summed E-state index contributed by atoms with van der Waals surface area (Å²) in [6.45, 7) is 12.1. The Balaban J connectivity index is 1.40. The first-order chi connectivity index (χ1) is 21.0. The molecule has 252 valence electrons. The van der Waals surface area contributed by atoms with E-state index in [2.05, 4.69) is 60.3 Å². The molecule has 12 nitrogen and oxygen atoms in total. The number of amides is 3. The molecule has 44 heavy (non-hydrogen) atoms. The fraction of sp³-hybridized carbons (Fsp3) is 0.839. The fourth-order valence-corrected chi connectivity index (χ4v) is 6.31. The van der Waals surface area contributed by atoms with Crippen LogP contribution in [0.5, 0.6) is 0 Å². The summed E-state index contributed by atoms with van der Waals surface area (Å²) in [5.41, 5.74) is 0.541. The van der Waals surface area contributed by atoms with Gasteiger partial charge < -0.3 is 39.6 Å². The second kappa shape index (κ2) is 17.0. The van der Waals surface area contributed by atoms with Crippen molar-refractivity contribution < 1.29 is 38.1 Å². The number of hydrogen-bond donors (Lipinski definition) is 5. The molecule has 7 atom stereocenters. The zero-order chi connectivity index (χ0) is 32.3. The normalized spacial score (nSPS) is 29.5. The second-order valence-electron chi connectivity index (χ2n) is 12.9. The number of hydrogen-bond acceptors (Lipinski definition) is 10. The van der Waals surface area contributed by atoms with Crippen molar-refractivity contribution in [1.82, 2.24) is 20.7 Å². The van der Waals surface area contributed by atoms with Crippen molar-refractivity contribution in [3.05, 3.63) is 11.6 Å². The van der Waals surface area contributed by atoms with E-state index >= 15 is 0 Å². The maximum Gasteiger partial charge on any atom is 0.407 e. The van der Waals surface area contributed by atoms with Gasteiger partial charge in [0, 0.05) is 20.2 Å². The third-order valence-corrected chi connectivity index (χ3v) is 9.09. The summed E-state index contributed by atoms with van der Waals surface area (Å²) < 4.78 is 32.1. The minimum atomic E-state index is -0.563. The van der Waals surface area contributed by atoms with Crippen LogP contribution in [0.4, 0.5) is 9.59 Å². The van der Waals surface area contributed by atoms with Gasteiger partial charge in [0.05, 0.1) is 31.2 Å². The highest BCUT2D eigenvalue weighted by Crippen LogP contribution is 2.59. The summed E-state index contributed by atoms with van der Waals surface area (Å²) in [5.74, 6) is -0.136. The Morgan fingerprint density at radius 3 is 2.34 bits per heavy atom. The van der Waals surface area contributed by atoms with Crippen LogP contribution in [0.3, 0.4) is 0 Å². The molecule has 3 aliphatic rings. The van der Waals surface area contributed by atoms with E-state index < -0.39 is 29.9 Å². The average molecular weight is 643 g/mol. The van der Waals surface area contributed by atoms with E-state index in [9.17, 15) is 14.4 Å². The summed E-state index contributed by atoms with van der Waals surface area (Å²) >= 11 is 3.80. The van der Waals surface area contributed by atoms with Crippen LogP contribution >= 0.6 is 12.8 Å². The van der Waals surface area contributed by atoms with Gasteiger partial charge in [-0.3, -0.25) is 9.52 Å². The van der Waals surface area contributed by atoms with Crippen molar-refractivity contribution in [1.29, 1.82) is 0 Å². The SMILES string of the molecule is COC1C(OC(=O)N[C@@H](COC(=O)NCCCCCCNC(=O)CNS)C(C)C)CC[C@]2(CO2)C1[C@]1(C)O[C@@H]1CC=C(C)C. The number of thiol groups is 1. The molecular formula is C31H54N4O8S. The van der Waals surface area contributed by atoms with Crippen LogP contribution in [0.1, 0.15) is 79.6 Å². The van der Waals surface area contributed by atoms with Gasteiger partial charge in [-0.1, -0.05) is 51.2 Å². The third-order valence-electron chi connectivity index (χ3n) is 8.93. The summed E-state index contributed by atoms with van der Waals surface area (Å²) in [6, 6.07) is -0.419. The number of rotatable bonds is 18. The van der Waals surface area contributed by atoms with Crippen molar-refractivity contribution >= 4 is 30.9 Å². The fourth-order valence-electron chi connectivity index (χ4n) is 6.17. The average Bonchev–Trinajstić information content (AvgIpc) is 3.88. The van der Waals surface area contributed by atoms with Crippen LogP contribution < -0.4 is 20.7 Å². The highest BCUT2D eigenvalue weighted by molar-refractivity contribution is 7.78. The minimum Gasteiger partial charge on any atom is -0.447 e. The standard InChI is InChI=1S/C31H54N4O8S/c1-20(2)11-12-24-30(5,43-24)27-26(39-6)23(13-14-31(27)19-41-31)42-29(38)35-22(21(3)4)18-40-28(37)33-16-10-8-7-9-15-32-25(36)17-34-44/h11,21-24,26-27,34,44H,7-10,12-19H2,1-6H3,(H,32,36)(H,33,37)(H,35,38)/t22-,23?,24+,26?,27?,30+,31-/m0/s1. The predicted octanol–water partition coefficient (Wildman–Crippen LogP) is 3.65. The van der Waals surface area contributed by atoms with Crippen LogP contribution in [0.15, 0.2) is 11.6 Å². The molecule has 0 aromatic heterocycles. The van der Waals surface area contributed by atoms with Crippen LogP contribution in [0, 0.1) is 11.8 Å². The number of epoxide rings is 2. The zero-order valence-corrected chi connectivity index (χ0v) is 28.1. The molecule has 1 saturated carbocycles. The van der Waals surface area contributed by atoms with Crippen molar-refractivity contribution in [2.24, 2.45) is 11.8 Å². The molecule has 2 saturated heterocycles. The molecule has 0 aromatic rings. The number of unbranched alkanes of at least 4 members (excludes halogenated alkanes) is 3. The molecule has 0 radical (unpaired) electrons. The van der Waals surface area contributed by atoms with Gasteiger partial charge in [-0.2, -0.15) is 0 Å². The molecule has 0 aromatic carbocycles. The van der Waals surface area contributed by atoms with E-state index in [0.717, 1.165) is 38.5 Å². The van der Waals surface area contributed by atoms with E-state index in [1.165, 1.54) is 5.57 Å². The van der Waals surface area contributed by atoms with E-state index in [1.807, 2.05) is 13.8 Å². The van der Waals surface area contributed by atoms with Crippen LogP contribution in [-0.2, 0) is 28.5 Å². The largest absolute Gasteiger partial charge is 0.447 e. The summed E-state index contributed by atoms with van der Waals surface area (Å²) in [7, 11) is 1.65. The van der Waals surface area contributed by atoms with Crippen molar-refractivity contribution in [3.8, 4) is 0 Å². The van der Waals surface area contributed by atoms with E-state index in [4.69, 9.17) is 23.7 Å². The van der Waals surface area contributed by atoms with Crippen molar-refractivity contribution in [3.63, 3.8) is 0 Å². The Kier molecular flexibility index (Phi) is 14.1. The summed E-state index contributed by atoms with van der Waals surface area (Å²) in [6.07, 6.45) is 6.10. The van der Waals surface area contributed by atoms with Gasteiger partial charge in [0.25, 0.3) is 0 Å². The molecule has 1 spiro atoms. The number of ether oxygens (including phenoxy) is 5. The first-order valence-corrected chi connectivity index (χ1v) is 16.4. The lowest BCUT2D eigenvalue weighted by molar-refractivity contribution is -0.119. The smallest absolute Gasteiger partial charge is 0.407 e. The van der Waals surface area contributed by atoms with Crippen LogP contribution in [0.2, 0.25) is 0 Å². The molecule has 1 aliphatic carbocycles. The van der Waals surface area contributed by atoms with Crippen LogP contribution in [0.25, 0.3) is 0 Å². The Hall–Kier alpha value is -2.06. The molecule has 3 rings (SSSR count). The van der Waals surface area contributed by atoms with Gasteiger partial charge >= 0.3 is 12.2 Å². The van der Waals surface area contributed by atoms with E-state index in [0.29, 0.717) is 26.1 Å². The van der Waals surface area contributed by atoms with Gasteiger partial charge in [0.15, 0.2) is 0 Å². The molecule has 4 N–H and O–H groups in total. The molecule has 3 fully saturated rings. The molecule has 13 heteroatoms. The Bertz CT molecular complexity index is 990. The minimum absolute atomic E-state index is 0.00875. The Morgan fingerprint density at radius 2 is 1.75 bits per heavy atom. The zero-order valence-electron chi connectivity index (χ0n) is 27.2. The number of allylic oxidation sites excluding steroid dienone is 1. The highest BCUT2D eigenvalue weighted by Gasteiger charge is 2.72. The number of alkyl carbamates (subject to hydrolysis) is 2. The topological polar surface area (TPSA) is 152 Å². The number of methoxy groups -OCH3 is 1. The lowest BCUT2D eigenvalue weighted by Crippen LogP contribution is -2.56. The van der Waals surface area contributed by atoms with Gasteiger partial charge in [0.1, 0.15) is 30.0 Å². The third kappa shape index (κ3) is 10.5.